The van der Waals surface area contributed by atoms with Gasteiger partial charge in [-0.15, -0.1) is 0 Å². The average Bonchev–Trinajstić information content (AvgIpc) is 2.69. The van der Waals surface area contributed by atoms with Crippen molar-refractivity contribution in [2.45, 2.75) is 36.5 Å². The number of nitrogens with two attached hydrogens (primary N) is 1. The number of hydrogen-bond donors (Lipinski definition) is 2. The summed E-state index contributed by atoms with van der Waals surface area (Å²) in [5.74, 6) is 0.315. The molecule has 0 aliphatic rings. The van der Waals surface area contributed by atoms with Crippen LogP contribution in [0.4, 0.5) is 5.82 Å². The molecule has 1 amide bonds. The Balaban J connectivity index is 2.03. The van der Waals surface area contributed by atoms with E-state index in [4.69, 9.17) is 11.0 Å². The molecule has 2 atom stereocenters. The van der Waals surface area contributed by atoms with Crippen molar-refractivity contribution in [3.63, 3.8) is 0 Å². The number of rotatable bonds is 7. The van der Waals surface area contributed by atoms with Gasteiger partial charge in [-0.1, -0.05) is 49.0 Å². The van der Waals surface area contributed by atoms with Crippen LogP contribution in [-0.2, 0) is 4.79 Å². The maximum absolute atomic E-state index is 12.5. The number of carbonyl (C=O) groups is 1. The number of nitriles is 2. The number of hydrogen-bond acceptors (Lipinski definition) is 5. The lowest BCUT2D eigenvalue weighted by molar-refractivity contribution is -0.410. The molecule has 1 heterocycles. The second kappa shape index (κ2) is 9.61. The fourth-order valence-corrected chi connectivity index (χ4v) is 3.58. The van der Waals surface area contributed by atoms with Gasteiger partial charge in [-0.2, -0.15) is 10.5 Å². The summed E-state index contributed by atoms with van der Waals surface area (Å²) in [4.78, 5) is 15.3. The van der Waals surface area contributed by atoms with Crippen LogP contribution in [-0.4, -0.2) is 17.7 Å². The van der Waals surface area contributed by atoms with Crippen molar-refractivity contribution in [2.75, 3.05) is 12.3 Å². The number of anilines is 1. The molecule has 138 valence electrons. The molecule has 0 bridgehead atoms. The lowest BCUT2D eigenvalue weighted by atomic mass is 9.96. The van der Waals surface area contributed by atoms with Gasteiger partial charge in [0, 0.05) is 12.5 Å². The number of nitrogens with one attached hydrogen (secondary N) is 2. The third kappa shape index (κ3) is 5.22. The highest BCUT2D eigenvalue weighted by Gasteiger charge is 2.22. The van der Waals surface area contributed by atoms with Crippen molar-refractivity contribution in [3.05, 3.63) is 53.1 Å². The Morgan fingerprint density at radius 2 is 1.93 bits per heavy atom. The quantitative estimate of drug-likeness (QED) is 0.716. The highest BCUT2D eigenvalue weighted by atomic mass is 32.2. The third-order valence-corrected chi connectivity index (χ3v) is 5.39. The number of nitrogens with zero attached hydrogens (tertiary/aromatic N) is 2. The first kappa shape index (κ1) is 20.3. The monoisotopic (exact) mass is 380 g/mol. The van der Waals surface area contributed by atoms with Gasteiger partial charge < -0.3 is 5.32 Å². The molecule has 0 saturated heterocycles. The van der Waals surface area contributed by atoms with E-state index in [1.807, 2.05) is 30.3 Å². The molecule has 2 rings (SSSR count). The van der Waals surface area contributed by atoms with E-state index >= 15 is 0 Å². The van der Waals surface area contributed by atoms with Crippen LogP contribution in [0.25, 0.3) is 0 Å². The van der Waals surface area contributed by atoms with Gasteiger partial charge in [0.2, 0.25) is 5.91 Å². The zero-order valence-electron chi connectivity index (χ0n) is 15.3. The summed E-state index contributed by atoms with van der Waals surface area (Å²) < 4.78 is 0. The molecule has 6 nitrogen and oxygen atoms in total. The molecule has 0 fully saturated rings. The summed E-state index contributed by atoms with van der Waals surface area (Å²) in [6, 6.07) is 15.5. The predicted octanol–water partition coefficient (Wildman–Crippen LogP) is 2.62. The van der Waals surface area contributed by atoms with Crippen LogP contribution in [0, 0.1) is 22.7 Å². The number of H-pyrrole nitrogens is 1. The molecule has 2 aromatic rings. The minimum atomic E-state index is -0.422. The summed E-state index contributed by atoms with van der Waals surface area (Å²) >= 11 is 1.21. The van der Waals surface area contributed by atoms with Gasteiger partial charge in [0.15, 0.2) is 5.03 Å². The number of carbonyl (C=O) groups excluding carboxylic acids is 1. The van der Waals surface area contributed by atoms with E-state index in [9.17, 15) is 10.1 Å². The Bertz CT molecular complexity index is 886. The predicted molar refractivity (Wildman–Crippen MR) is 105 cm³/mol. The third-order valence-electron chi connectivity index (χ3n) is 4.26. The Kier molecular flexibility index (Phi) is 7.22. The maximum Gasteiger partial charge on any atom is 0.289 e. The van der Waals surface area contributed by atoms with Crippen LogP contribution in [0.2, 0.25) is 0 Å². The molecule has 0 aliphatic heterocycles. The van der Waals surface area contributed by atoms with Crippen molar-refractivity contribution in [2.24, 2.45) is 0 Å². The molecule has 4 N–H and O–H groups in total. The van der Waals surface area contributed by atoms with E-state index < -0.39 is 5.25 Å². The number of amides is 1. The molecule has 0 aliphatic carbocycles. The second-order valence-corrected chi connectivity index (χ2v) is 7.44. The van der Waals surface area contributed by atoms with E-state index in [0.717, 1.165) is 6.42 Å². The minimum Gasteiger partial charge on any atom is -0.355 e. The minimum absolute atomic E-state index is 0.116. The zero-order valence-corrected chi connectivity index (χ0v) is 16.1. The van der Waals surface area contributed by atoms with E-state index in [-0.39, 0.29) is 23.2 Å². The molecule has 1 aromatic heterocycles. The standard InChI is InChI=1S/C20H21N5OS/c1-3-14(15-7-5-4-6-8-15)12-24-19(26)13(2)27-20-17(11-22)9-16(10-21)18(23)25-20/h4-9,13-14H,3,12H2,1-2H3,(H2,23,25)(H,24,26)/p+1/t13-,14-/m1/s1. The lowest BCUT2D eigenvalue weighted by Gasteiger charge is -2.18. The summed E-state index contributed by atoms with van der Waals surface area (Å²) in [7, 11) is 0. The summed E-state index contributed by atoms with van der Waals surface area (Å²) in [5.41, 5.74) is 7.48. The Labute approximate surface area is 163 Å². The fourth-order valence-electron chi connectivity index (χ4n) is 2.63. The Hall–Kier alpha value is -3.03. The highest BCUT2D eigenvalue weighted by Crippen LogP contribution is 2.25. The van der Waals surface area contributed by atoms with Gasteiger partial charge in [-0.25, -0.2) is 4.98 Å². The number of nitrogen functional groups attached to an aromatic ring is 1. The first-order chi connectivity index (χ1) is 13.0. The molecule has 0 radical (unpaired) electrons. The second-order valence-electron chi connectivity index (χ2n) is 6.08. The van der Waals surface area contributed by atoms with Gasteiger partial charge in [0.25, 0.3) is 5.82 Å². The molecule has 7 heteroatoms. The molecule has 0 saturated carbocycles. The molecule has 0 spiro atoms. The van der Waals surface area contributed by atoms with E-state index in [0.29, 0.717) is 17.1 Å². The van der Waals surface area contributed by atoms with Gasteiger partial charge in [0.05, 0.1) is 5.25 Å². The smallest absolute Gasteiger partial charge is 0.289 e. The Morgan fingerprint density at radius 1 is 1.26 bits per heavy atom. The molecular weight excluding hydrogens is 358 g/mol. The normalized spacial score (nSPS) is 12.4. The molecule has 27 heavy (non-hydrogen) atoms. The SMILES string of the molecule is CC[C@H](CNC(=O)[C@@H](C)Sc1[nH+]c(N)c(C#N)cc1C#N)c1ccccc1. The molecular formula is C20H22N5OS+. The van der Waals surface area contributed by atoms with E-state index in [2.05, 4.69) is 29.4 Å². The van der Waals surface area contributed by atoms with Crippen LogP contribution in [0.5, 0.6) is 0 Å². The maximum atomic E-state index is 12.5. The fraction of sp³-hybridized carbons (Fsp3) is 0.300. The van der Waals surface area contributed by atoms with E-state index in [1.165, 1.54) is 23.4 Å². The summed E-state index contributed by atoms with van der Waals surface area (Å²) in [6.45, 7) is 4.41. The van der Waals surface area contributed by atoms with Crippen molar-refractivity contribution in [3.8, 4) is 12.1 Å². The summed E-state index contributed by atoms with van der Waals surface area (Å²) in [6.07, 6.45) is 0.921. The number of pyridine rings is 1. The topological polar surface area (TPSA) is 117 Å². The van der Waals surface area contributed by atoms with Crippen LogP contribution < -0.4 is 16.0 Å². The van der Waals surface area contributed by atoms with Crippen molar-refractivity contribution in [1.82, 2.24) is 5.32 Å². The van der Waals surface area contributed by atoms with Crippen LogP contribution >= 0.6 is 11.8 Å². The van der Waals surface area contributed by atoms with Crippen LogP contribution in [0.1, 0.15) is 42.9 Å². The highest BCUT2D eigenvalue weighted by molar-refractivity contribution is 8.00. The van der Waals surface area contributed by atoms with Crippen LogP contribution in [0.3, 0.4) is 0 Å². The van der Waals surface area contributed by atoms with Gasteiger partial charge in [0.1, 0.15) is 23.3 Å². The number of thioether (sulfide) groups is 1. The zero-order chi connectivity index (χ0) is 19.8. The van der Waals surface area contributed by atoms with Gasteiger partial charge in [-0.3, -0.25) is 10.5 Å². The average molecular weight is 380 g/mol. The van der Waals surface area contributed by atoms with Crippen molar-refractivity contribution in [1.29, 1.82) is 10.5 Å². The first-order valence-electron chi connectivity index (χ1n) is 8.65. The van der Waals surface area contributed by atoms with Gasteiger partial charge in [-0.05, 0) is 25.0 Å². The molecule has 1 aromatic carbocycles. The molecule has 0 unspecified atom stereocenters. The Morgan fingerprint density at radius 3 is 2.52 bits per heavy atom. The van der Waals surface area contributed by atoms with Crippen LogP contribution in [0.15, 0.2) is 41.4 Å². The van der Waals surface area contributed by atoms with Crippen molar-refractivity contribution >= 4 is 23.5 Å². The van der Waals surface area contributed by atoms with Crippen molar-refractivity contribution < 1.29 is 9.78 Å². The number of aromatic amines is 1. The largest absolute Gasteiger partial charge is 0.355 e. The lowest BCUT2D eigenvalue weighted by Crippen LogP contribution is -2.34. The van der Waals surface area contributed by atoms with Gasteiger partial charge >= 0.3 is 0 Å². The summed E-state index contributed by atoms with van der Waals surface area (Å²) in [5, 5.41) is 21.3. The number of benzene rings is 1. The van der Waals surface area contributed by atoms with E-state index in [1.54, 1.807) is 6.92 Å². The number of aromatic nitrogens is 1. The first-order valence-corrected chi connectivity index (χ1v) is 9.53.